The number of fused-ring (bicyclic) bond motifs is 5. The van der Waals surface area contributed by atoms with E-state index in [1.165, 1.54) is 48.8 Å². The van der Waals surface area contributed by atoms with Crippen LogP contribution in [0.5, 0.6) is 0 Å². The molecule has 8 nitrogen and oxygen atoms in total. The van der Waals surface area contributed by atoms with E-state index in [1.54, 1.807) is 0 Å². The lowest BCUT2D eigenvalue weighted by atomic mass is 9.45. The fraction of sp³-hybridized carbons (Fsp3) is 0.635. The van der Waals surface area contributed by atoms with Crippen LogP contribution in [-0.4, -0.2) is 91.0 Å². The van der Waals surface area contributed by atoms with E-state index >= 15 is 0 Å². The van der Waals surface area contributed by atoms with Gasteiger partial charge >= 0.3 is 0 Å². The molecule has 1 aromatic carbocycles. The molecule has 3 fully saturated rings. The lowest BCUT2D eigenvalue weighted by Gasteiger charge is -2.61. The summed E-state index contributed by atoms with van der Waals surface area (Å²) in [6.45, 7) is 10.6. The number of hydrogen-bond acceptors (Lipinski definition) is 8. The maximum absolute atomic E-state index is 12.8. The maximum Gasteiger partial charge on any atom is 0.145 e. The van der Waals surface area contributed by atoms with Gasteiger partial charge < -0.3 is 35.8 Å². The monoisotopic (exact) mass is 825 g/mol. The Hall–Kier alpha value is -2.95. The van der Waals surface area contributed by atoms with Gasteiger partial charge in [0.05, 0.1) is 18.3 Å². The number of benzene rings is 1. The predicted octanol–water partition coefficient (Wildman–Crippen LogP) is 7.53. The summed E-state index contributed by atoms with van der Waals surface area (Å²) < 4.78 is 5.70. The Morgan fingerprint density at radius 3 is 2.60 bits per heavy atom. The van der Waals surface area contributed by atoms with E-state index in [0.29, 0.717) is 50.1 Å². The van der Waals surface area contributed by atoms with Gasteiger partial charge in [0.25, 0.3) is 0 Å². The smallest absolute Gasteiger partial charge is 0.145 e. The largest absolute Gasteiger partial charge is 0.396 e. The Kier molecular flexibility index (Phi) is 16.3. The molecule has 60 heavy (non-hydrogen) atoms. The molecule has 0 radical (unpaired) electrons. The Labute approximate surface area is 361 Å². The lowest BCUT2D eigenvalue weighted by Crippen LogP contribution is -2.65. The van der Waals surface area contributed by atoms with Crippen LogP contribution in [-0.2, 0) is 22.4 Å². The molecule has 0 saturated heterocycles. The van der Waals surface area contributed by atoms with E-state index in [-0.39, 0.29) is 48.3 Å². The summed E-state index contributed by atoms with van der Waals surface area (Å²) in [5.41, 5.74) is 5.21. The van der Waals surface area contributed by atoms with Crippen molar-refractivity contribution in [1.82, 2.24) is 10.6 Å². The number of ether oxygens (including phenoxy) is 1. The minimum absolute atomic E-state index is 0.00873. The van der Waals surface area contributed by atoms with Crippen molar-refractivity contribution in [3.05, 3.63) is 106 Å². The molecule has 6 rings (SSSR count). The number of carbonyl (C=O) groups excluding carboxylic acids is 1. The van der Waals surface area contributed by atoms with Gasteiger partial charge in [0.1, 0.15) is 6.29 Å². The average Bonchev–Trinajstić information content (AvgIpc) is 3.60. The molecule has 1 aromatic rings. The van der Waals surface area contributed by atoms with Crippen LogP contribution in [0.4, 0.5) is 0 Å². The van der Waals surface area contributed by atoms with E-state index in [0.717, 1.165) is 61.8 Å². The minimum atomic E-state index is -1.22. The van der Waals surface area contributed by atoms with Crippen molar-refractivity contribution in [3.8, 4) is 0 Å². The van der Waals surface area contributed by atoms with E-state index in [2.05, 4.69) is 72.7 Å². The van der Waals surface area contributed by atoms with Gasteiger partial charge in [0, 0.05) is 49.7 Å². The fourth-order valence-corrected chi connectivity index (χ4v) is 12.6. The highest BCUT2D eigenvalue weighted by Crippen LogP contribution is 2.67. The molecular formula is C52H76N2O6. The number of carbonyl (C=O) groups is 1. The van der Waals surface area contributed by atoms with Crippen LogP contribution in [0.25, 0.3) is 0 Å². The van der Waals surface area contributed by atoms with Crippen LogP contribution in [0.15, 0.2) is 95.2 Å². The molecule has 9 atom stereocenters. The molecule has 330 valence electrons. The highest BCUT2D eigenvalue weighted by molar-refractivity contribution is 5.74. The molecule has 0 unspecified atom stereocenters. The fourth-order valence-electron chi connectivity index (χ4n) is 12.6. The topological polar surface area (TPSA) is 131 Å². The third-order valence-corrected chi connectivity index (χ3v) is 15.8. The van der Waals surface area contributed by atoms with Gasteiger partial charge in [0.2, 0.25) is 0 Å². The van der Waals surface area contributed by atoms with Gasteiger partial charge in [0.15, 0.2) is 0 Å². The summed E-state index contributed by atoms with van der Waals surface area (Å²) in [5, 5.41) is 53.9. The Morgan fingerprint density at radius 1 is 1.10 bits per heavy atom. The molecule has 0 aromatic heterocycles. The van der Waals surface area contributed by atoms with Gasteiger partial charge in [-0.2, -0.15) is 0 Å². The zero-order valence-electron chi connectivity index (χ0n) is 37.1. The van der Waals surface area contributed by atoms with Crippen molar-refractivity contribution < 1.29 is 30.0 Å². The molecule has 0 amide bonds. The van der Waals surface area contributed by atoms with Gasteiger partial charge in [-0.3, -0.25) is 4.79 Å². The normalized spacial score (nSPS) is 34.9. The molecule has 3 saturated carbocycles. The van der Waals surface area contributed by atoms with Crippen molar-refractivity contribution in [1.29, 1.82) is 0 Å². The first-order valence-electron chi connectivity index (χ1n) is 23.1. The summed E-state index contributed by atoms with van der Waals surface area (Å²) in [6, 6.07) is 9.16. The second kappa shape index (κ2) is 20.9. The van der Waals surface area contributed by atoms with Crippen LogP contribution in [0.1, 0.15) is 102 Å². The highest BCUT2D eigenvalue weighted by Gasteiger charge is 2.68. The van der Waals surface area contributed by atoms with Crippen molar-refractivity contribution in [2.75, 3.05) is 47.1 Å². The number of allylic oxidation sites excluding steroid dienone is 9. The van der Waals surface area contributed by atoms with Gasteiger partial charge in [-0.05, 0) is 144 Å². The van der Waals surface area contributed by atoms with Gasteiger partial charge in [-0.1, -0.05) is 103 Å². The number of aliphatic hydroxyl groups is 4. The lowest BCUT2D eigenvalue weighted by molar-refractivity contribution is -0.194. The van der Waals surface area contributed by atoms with Crippen LogP contribution in [0.3, 0.4) is 0 Å². The summed E-state index contributed by atoms with van der Waals surface area (Å²) in [4.78, 5) is 12.4. The first-order chi connectivity index (χ1) is 29.0. The van der Waals surface area contributed by atoms with Crippen molar-refractivity contribution in [2.24, 2.45) is 40.9 Å². The van der Waals surface area contributed by atoms with E-state index < -0.39 is 17.1 Å². The molecular weight excluding hydrogens is 749 g/mol. The van der Waals surface area contributed by atoms with E-state index in [9.17, 15) is 25.2 Å². The molecule has 4 bridgehead atoms. The van der Waals surface area contributed by atoms with Crippen LogP contribution in [0.2, 0.25) is 0 Å². The van der Waals surface area contributed by atoms with Crippen molar-refractivity contribution in [2.45, 2.75) is 121 Å². The molecule has 6 N–H and O–H groups in total. The molecule has 8 heteroatoms. The molecule has 4 aliphatic carbocycles. The van der Waals surface area contributed by atoms with Crippen molar-refractivity contribution >= 4 is 6.29 Å². The predicted molar refractivity (Wildman–Crippen MR) is 242 cm³/mol. The van der Waals surface area contributed by atoms with Crippen molar-refractivity contribution in [3.63, 3.8) is 0 Å². The number of methoxy groups -OCH3 is 1. The number of hydrogen-bond donors (Lipinski definition) is 6. The number of aliphatic hydroxyl groups excluding tert-OH is 3. The Balaban J connectivity index is 1.26. The second-order valence-corrected chi connectivity index (χ2v) is 19.2. The number of aldehydes is 1. The third kappa shape index (κ3) is 9.66. The summed E-state index contributed by atoms with van der Waals surface area (Å²) in [6.07, 6.45) is 25.2. The molecule has 1 aliphatic heterocycles. The average molecular weight is 825 g/mol. The second-order valence-electron chi connectivity index (χ2n) is 19.2. The molecule has 1 spiro atoms. The Morgan fingerprint density at radius 2 is 1.88 bits per heavy atom. The zero-order valence-corrected chi connectivity index (χ0v) is 37.1. The maximum atomic E-state index is 12.8. The first kappa shape index (κ1) is 46.6. The SMILES string of the molecule is C=C(C=CC=C(CO)[C@H]1CC[C@]2([C@@H]1O)[C@H]1C(=C(C)C=O)[C@@H](C=C[C@H]1CCO)C[C@]2(O)CCNC)[C@H]1CC=C(C)CN[C@@](CCOC)(C2CCCCC2)Cc2cccc(c2)C1. The highest BCUT2D eigenvalue weighted by atomic mass is 16.5. The van der Waals surface area contributed by atoms with E-state index in [4.69, 9.17) is 4.74 Å². The molecule has 5 aliphatic rings. The zero-order chi connectivity index (χ0) is 42.9. The third-order valence-electron chi connectivity index (χ3n) is 15.8. The summed E-state index contributed by atoms with van der Waals surface area (Å²) >= 11 is 0. The number of rotatable bonds is 15. The first-order valence-corrected chi connectivity index (χ1v) is 23.1. The molecule has 1 heterocycles. The van der Waals surface area contributed by atoms with Gasteiger partial charge in [-0.15, -0.1) is 0 Å². The Bertz CT molecular complexity index is 1790. The summed E-state index contributed by atoms with van der Waals surface area (Å²) in [5.74, 6) is -0.128. The van der Waals surface area contributed by atoms with Crippen LogP contribution in [0, 0.1) is 40.9 Å². The van der Waals surface area contributed by atoms with Gasteiger partial charge in [-0.25, -0.2) is 0 Å². The summed E-state index contributed by atoms with van der Waals surface area (Å²) in [7, 11) is 3.69. The van der Waals surface area contributed by atoms with Crippen LogP contribution >= 0.6 is 0 Å². The quantitative estimate of drug-likeness (QED) is 0.0464. The number of nitrogens with one attached hydrogen (secondary N) is 2. The minimum Gasteiger partial charge on any atom is -0.396 e. The van der Waals surface area contributed by atoms with E-state index in [1.807, 2.05) is 33.2 Å². The standard InChI is InChI=1S/C52H76N2O6/c1-36-17-18-42(30-39-12-10-13-40(29-39)31-50(54-33-36,25-28-60-5)45-15-7-6-8-16-45)37(2)11-9-14-44(35-57)46-21-23-52(49(46)58)48-41(22-27-55)19-20-43(47(48)38(3)34-56)32-51(52,59)24-26-53-4/h9-14,17,19-20,29,34,41-43,45-46,48-49,53-55,57-59H,2,6-8,15-16,18,21-28,30-33,35H2,1,3-5H3/t41-,42-,43-,46+,48+,49+,50+,51+,52+/m0/s1. The van der Waals surface area contributed by atoms with Crippen LogP contribution < -0.4 is 10.6 Å².